The molecule has 0 aliphatic carbocycles. The van der Waals surface area contributed by atoms with E-state index in [4.69, 9.17) is 11.6 Å². The molecule has 110 valence electrons. The van der Waals surface area contributed by atoms with Crippen LogP contribution in [0.4, 0.5) is 8.78 Å². The zero-order valence-corrected chi connectivity index (χ0v) is 12.8. The number of halogens is 3. The molecule has 1 atom stereocenters. The monoisotopic (exact) mass is 327 g/mol. The van der Waals surface area contributed by atoms with Crippen LogP contribution in [0.15, 0.2) is 23.0 Å². The number of hydrogen-bond donors (Lipinski definition) is 0. The standard InChI is InChI=1S/C14H12ClF2N3S/c1-8(15)14-19-11-3-2-10(16)12(17)13(11)20(14)5-4-9-6-21-7-18-9/h2-3,6-8H,4-5H2,1H3. The van der Waals surface area contributed by atoms with Gasteiger partial charge in [0.2, 0.25) is 0 Å². The molecule has 0 radical (unpaired) electrons. The van der Waals surface area contributed by atoms with Crippen molar-refractivity contribution in [2.24, 2.45) is 0 Å². The third-order valence-electron chi connectivity index (χ3n) is 3.26. The molecule has 0 saturated carbocycles. The number of rotatable bonds is 4. The summed E-state index contributed by atoms with van der Waals surface area (Å²) in [6, 6.07) is 2.55. The first-order valence-electron chi connectivity index (χ1n) is 6.43. The third-order valence-corrected chi connectivity index (χ3v) is 4.09. The fraction of sp³-hybridized carbons (Fsp3) is 0.286. The van der Waals surface area contributed by atoms with E-state index < -0.39 is 17.0 Å². The van der Waals surface area contributed by atoms with E-state index in [1.54, 1.807) is 17.0 Å². The van der Waals surface area contributed by atoms with Gasteiger partial charge >= 0.3 is 0 Å². The van der Waals surface area contributed by atoms with Crippen LogP contribution in [0.5, 0.6) is 0 Å². The van der Waals surface area contributed by atoms with Gasteiger partial charge in [-0.15, -0.1) is 22.9 Å². The Bertz CT molecular complexity index is 768. The molecule has 21 heavy (non-hydrogen) atoms. The zero-order chi connectivity index (χ0) is 15.0. The topological polar surface area (TPSA) is 30.7 Å². The van der Waals surface area contributed by atoms with Gasteiger partial charge < -0.3 is 4.57 Å². The first-order valence-corrected chi connectivity index (χ1v) is 7.81. The number of thiazole rings is 1. The summed E-state index contributed by atoms with van der Waals surface area (Å²) in [7, 11) is 0. The molecular weight excluding hydrogens is 316 g/mol. The summed E-state index contributed by atoms with van der Waals surface area (Å²) in [5.41, 5.74) is 3.22. The molecule has 1 unspecified atom stereocenters. The molecular formula is C14H12ClF2N3S. The lowest BCUT2D eigenvalue weighted by Crippen LogP contribution is -2.08. The summed E-state index contributed by atoms with van der Waals surface area (Å²) in [5.74, 6) is -1.24. The molecule has 0 aliphatic rings. The van der Waals surface area contributed by atoms with E-state index in [-0.39, 0.29) is 5.52 Å². The van der Waals surface area contributed by atoms with Crippen LogP contribution < -0.4 is 0 Å². The Kier molecular flexibility index (Phi) is 3.91. The summed E-state index contributed by atoms with van der Waals surface area (Å²) in [4.78, 5) is 8.51. The molecule has 2 heterocycles. The van der Waals surface area contributed by atoms with E-state index in [9.17, 15) is 8.78 Å². The van der Waals surface area contributed by atoms with Gasteiger partial charge in [0.05, 0.1) is 22.1 Å². The minimum absolute atomic E-state index is 0.160. The average Bonchev–Trinajstić information content (AvgIpc) is 3.08. The van der Waals surface area contributed by atoms with Gasteiger partial charge in [0.25, 0.3) is 0 Å². The van der Waals surface area contributed by atoms with Crippen molar-refractivity contribution < 1.29 is 8.78 Å². The highest BCUT2D eigenvalue weighted by Crippen LogP contribution is 2.27. The maximum Gasteiger partial charge on any atom is 0.184 e. The predicted molar refractivity (Wildman–Crippen MR) is 79.7 cm³/mol. The molecule has 1 aromatic carbocycles. The largest absolute Gasteiger partial charge is 0.324 e. The molecule has 7 heteroatoms. The van der Waals surface area contributed by atoms with Gasteiger partial charge in [-0.2, -0.15) is 0 Å². The summed E-state index contributed by atoms with van der Waals surface area (Å²) in [6.07, 6.45) is 0.613. The van der Waals surface area contributed by atoms with E-state index in [2.05, 4.69) is 9.97 Å². The second-order valence-corrected chi connectivity index (χ2v) is 6.07. The minimum atomic E-state index is -0.887. The van der Waals surface area contributed by atoms with Crippen molar-refractivity contribution in [3.8, 4) is 0 Å². The highest BCUT2D eigenvalue weighted by molar-refractivity contribution is 7.07. The van der Waals surface area contributed by atoms with Crippen LogP contribution in [0.1, 0.15) is 23.8 Å². The van der Waals surface area contributed by atoms with Gasteiger partial charge in [-0.25, -0.2) is 18.7 Å². The number of aryl methyl sites for hydroxylation is 2. The zero-order valence-electron chi connectivity index (χ0n) is 11.2. The van der Waals surface area contributed by atoms with Gasteiger partial charge in [0.15, 0.2) is 11.6 Å². The number of fused-ring (bicyclic) bond motifs is 1. The number of imidazole rings is 1. The van der Waals surface area contributed by atoms with Crippen LogP contribution in [0.3, 0.4) is 0 Å². The number of aromatic nitrogens is 3. The van der Waals surface area contributed by atoms with E-state index in [0.717, 1.165) is 11.8 Å². The van der Waals surface area contributed by atoms with Gasteiger partial charge in [-0.1, -0.05) is 0 Å². The van der Waals surface area contributed by atoms with E-state index in [1.807, 2.05) is 5.38 Å². The number of nitrogens with zero attached hydrogens (tertiary/aromatic N) is 3. The molecule has 3 rings (SSSR count). The molecule has 0 spiro atoms. The summed E-state index contributed by atoms with van der Waals surface area (Å²) in [5, 5.41) is 1.54. The van der Waals surface area contributed by atoms with Gasteiger partial charge in [0, 0.05) is 18.3 Å². The molecule has 0 amide bonds. The first-order chi connectivity index (χ1) is 10.1. The number of hydrogen-bond acceptors (Lipinski definition) is 3. The van der Waals surface area contributed by atoms with Crippen LogP contribution in [0, 0.1) is 11.6 Å². The Labute approximate surface area is 129 Å². The molecule has 0 saturated heterocycles. The maximum atomic E-state index is 14.1. The molecule has 0 N–H and O–H groups in total. The van der Waals surface area contributed by atoms with Gasteiger partial charge in [0.1, 0.15) is 11.3 Å². The summed E-state index contributed by atoms with van der Waals surface area (Å²) >= 11 is 7.62. The van der Waals surface area contributed by atoms with Gasteiger partial charge in [-0.3, -0.25) is 0 Å². The Morgan fingerprint density at radius 3 is 2.86 bits per heavy atom. The van der Waals surface area contributed by atoms with Crippen molar-refractivity contribution in [3.05, 3.63) is 46.2 Å². The minimum Gasteiger partial charge on any atom is -0.324 e. The fourth-order valence-electron chi connectivity index (χ4n) is 2.29. The van der Waals surface area contributed by atoms with Gasteiger partial charge in [-0.05, 0) is 19.1 Å². The van der Waals surface area contributed by atoms with Crippen molar-refractivity contribution in [1.29, 1.82) is 0 Å². The summed E-state index contributed by atoms with van der Waals surface area (Å²) < 4.78 is 29.2. The number of benzene rings is 1. The molecule has 2 aromatic heterocycles. The van der Waals surface area contributed by atoms with Crippen LogP contribution in [0.25, 0.3) is 11.0 Å². The summed E-state index contributed by atoms with van der Waals surface area (Å²) in [6.45, 7) is 2.21. The maximum absolute atomic E-state index is 14.1. The highest BCUT2D eigenvalue weighted by Gasteiger charge is 2.19. The van der Waals surface area contributed by atoms with E-state index >= 15 is 0 Å². The van der Waals surface area contributed by atoms with Crippen LogP contribution in [-0.2, 0) is 13.0 Å². The lowest BCUT2D eigenvalue weighted by molar-refractivity contribution is 0.509. The van der Waals surface area contributed by atoms with Crippen molar-refractivity contribution in [2.75, 3.05) is 0 Å². The second kappa shape index (κ2) is 5.69. The average molecular weight is 328 g/mol. The fourth-order valence-corrected chi connectivity index (χ4v) is 3.05. The predicted octanol–water partition coefficient (Wildman–Crippen LogP) is 4.31. The van der Waals surface area contributed by atoms with E-state index in [1.165, 1.54) is 17.4 Å². The molecule has 0 bridgehead atoms. The SMILES string of the molecule is CC(Cl)c1nc2ccc(F)c(F)c2n1CCc1cscn1. The van der Waals surface area contributed by atoms with Crippen LogP contribution >= 0.6 is 22.9 Å². The molecule has 3 nitrogen and oxygen atoms in total. The lowest BCUT2D eigenvalue weighted by Gasteiger charge is -2.10. The third kappa shape index (κ3) is 2.65. The Morgan fingerprint density at radius 1 is 1.38 bits per heavy atom. The second-order valence-electron chi connectivity index (χ2n) is 4.70. The Hall–Kier alpha value is -1.53. The van der Waals surface area contributed by atoms with Crippen molar-refractivity contribution in [2.45, 2.75) is 25.3 Å². The molecule has 3 aromatic rings. The Balaban J connectivity index is 2.08. The van der Waals surface area contributed by atoms with E-state index in [0.29, 0.717) is 24.3 Å². The highest BCUT2D eigenvalue weighted by atomic mass is 35.5. The lowest BCUT2D eigenvalue weighted by atomic mass is 10.2. The van der Waals surface area contributed by atoms with Crippen LogP contribution in [0.2, 0.25) is 0 Å². The van der Waals surface area contributed by atoms with Crippen molar-refractivity contribution in [1.82, 2.24) is 14.5 Å². The smallest absolute Gasteiger partial charge is 0.184 e. The number of alkyl halides is 1. The van der Waals surface area contributed by atoms with Crippen molar-refractivity contribution in [3.63, 3.8) is 0 Å². The van der Waals surface area contributed by atoms with Crippen molar-refractivity contribution >= 4 is 34.0 Å². The normalized spacial score (nSPS) is 13.0. The quantitative estimate of drug-likeness (QED) is 0.668. The molecule has 0 fully saturated rings. The first kappa shape index (κ1) is 14.4. The van der Waals surface area contributed by atoms with Crippen LogP contribution in [-0.4, -0.2) is 14.5 Å². The Morgan fingerprint density at radius 2 is 2.19 bits per heavy atom. The molecule has 0 aliphatic heterocycles.